The summed E-state index contributed by atoms with van der Waals surface area (Å²) in [7, 11) is 0. The Morgan fingerprint density at radius 2 is 0.952 bits per heavy atom. The average Bonchev–Trinajstić information content (AvgIpc) is 4.06. The summed E-state index contributed by atoms with van der Waals surface area (Å²) in [4.78, 5) is 17.0. The van der Waals surface area contributed by atoms with Crippen LogP contribution in [0.1, 0.15) is 231 Å². The Bertz CT molecular complexity index is 1830. The zero-order chi connectivity index (χ0) is 44.2. The van der Waals surface area contributed by atoms with Gasteiger partial charge in [-0.15, -0.1) is 0 Å². The number of halogens is 1. The van der Waals surface area contributed by atoms with Crippen molar-refractivity contribution in [2.24, 2.45) is 11.8 Å². The van der Waals surface area contributed by atoms with Crippen molar-refractivity contribution in [3.63, 3.8) is 0 Å². The van der Waals surface area contributed by atoms with E-state index in [2.05, 4.69) is 86.3 Å². The van der Waals surface area contributed by atoms with Crippen molar-refractivity contribution in [3.05, 3.63) is 39.6 Å². The van der Waals surface area contributed by atoms with E-state index in [1.54, 1.807) is 18.9 Å². The Labute approximate surface area is 405 Å². The van der Waals surface area contributed by atoms with Crippen molar-refractivity contribution < 1.29 is 0 Å². The summed E-state index contributed by atoms with van der Waals surface area (Å²) in [6.07, 6.45) is 43.7. The second-order valence-corrected chi connectivity index (χ2v) is 39.0. The van der Waals surface area contributed by atoms with Crippen LogP contribution in [0, 0.1) is 11.8 Å². The second-order valence-electron chi connectivity index (χ2n) is 20.2. The van der Waals surface area contributed by atoms with Crippen LogP contribution >= 0.6 is 50.3 Å². The molecule has 1 aliphatic carbocycles. The number of nitrogens with zero attached hydrogens (tertiary/aromatic N) is 3. The summed E-state index contributed by atoms with van der Waals surface area (Å²) in [6.45, 7) is 9.40. The number of pyridine rings is 1. The van der Waals surface area contributed by atoms with Crippen LogP contribution in [0.3, 0.4) is 0 Å². The van der Waals surface area contributed by atoms with Crippen molar-refractivity contribution in [2.45, 2.75) is 235 Å². The summed E-state index contributed by atoms with van der Waals surface area (Å²) < 4.78 is 12.0. The van der Waals surface area contributed by atoms with E-state index in [0.29, 0.717) is 0 Å². The van der Waals surface area contributed by atoms with Gasteiger partial charge in [-0.1, -0.05) is 79.1 Å². The summed E-state index contributed by atoms with van der Waals surface area (Å²) in [6, 6.07) is 5.30. The van der Waals surface area contributed by atoms with Crippen LogP contribution in [0.25, 0.3) is 36.8 Å². The van der Waals surface area contributed by atoms with Gasteiger partial charge in [0.1, 0.15) is 0 Å². The van der Waals surface area contributed by atoms with Gasteiger partial charge in [0.2, 0.25) is 0 Å². The first kappa shape index (κ1) is 52.4. The molecule has 0 N–H and O–H groups in total. The molecular weight excluding hydrogens is 985 g/mol. The Balaban J connectivity index is 1.58. The van der Waals surface area contributed by atoms with Crippen molar-refractivity contribution in [1.82, 2.24) is 13.7 Å². The molecule has 0 atom stereocenters. The first-order chi connectivity index (χ1) is 30.2. The van der Waals surface area contributed by atoms with E-state index >= 15 is 0 Å². The van der Waals surface area contributed by atoms with Crippen LogP contribution in [-0.4, -0.2) is 32.1 Å². The van der Waals surface area contributed by atoms with Gasteiger partial charge in [-0.3, -0.25) is 0 Å². The Kier molecular flexibility index (Phi) is 24.1. The van der Waals surface area contributed by atoms with E-state index < -0.39 is 18.4 Å². The summed E-state index contributed by atoms with van der Waals surface area (Å²) in [5.74, 6) is 1.56. The summed E-state index contributed by atoms with van der Waals surface area (Å²) in [5.41, 5.74) is 9.60. The molecule has 5 rings (SSSR count). The van der Waals surface area contributed by atoms with Crippen LogP contribution in [0.5, 0.6) is 0 Å². The van der Waals surface area contributed by atoms with Crippen LogP contribution in [0.2, 0.25) is 14.8 Å². The Morgan fingerprint density at radius 3 is 1.42 bits per heavy atom. The van der Waals surface area contributed by atoms with Gasteiger partial charge in [-0.25, -0.2) is 0 Å². The molecule has 62 heavy (non-hydrogen) atoms. The van der Waals surface area contributed by atoms with Gasteiger partial charge in [0, 0.05) is 0 Å². The molecule has 0 unspecified atom stereocenters. The standard InChI is InChI=1S/C51H77BrN3S3.3CH3.Sn/c1-5-9-13-17-21-25-29-39(30-26-22-18-14-10-6-2)35-41(36-40(31-27-23-19-15-11-7-3)32-28-24-20-16-12-8-4)46-42-33-34-56-49(42)50-43(46)37-45(57-50)44-38-53-51(52)48-47(44)54-58-55-48;;;;/h33,37-40H,5-32,35-36H2,1-4H3;3*1H3;. The number of hydrogen-bond donors (Lipinski definition) is 0. The molecule has 0 amide bonds. The summed E-state index contributed by atoms with van der Waals surface area (Å²) >= 11 is 6.77. The van der Waals surface area contributed by atoms with E-state index in [4.69, 9.17) is 9.36 Å². The molecule has 0 aliphatic heterocycles. The molecule has 1 aliphatic rings. The Morgan fingerprint density at radius 1 is 0.532 bits per heavy atom. The molecule has 0 bridgehead atoms. The van der Waals surface area contributed by atoms with E-state index in [9.17, 15) is 0 Å². The number of allylic oxidation sites excluding steroid dienone is 1. The van der Waals surface area contributed by atoms with Crippen LogP contribution in [-0.2, 0) is 0 Å². The maximum atomic E-state index is 4.83. The molecule has 346 valence electrons. The van der Waals surface area contributed by atoms with Crippen molar-refractivity contribution in [3.8, 4) is 20.2 Å². The topological polar surface area (TPSA) is 38.7 Å². The molecule has 0 aromatic carbocycles. The average molecular weight is 1070 g/mol. The van der Waals surface area contributed by atoms with E-state index in [1.165, 1.54) is 220 Å². The van der Waals surface area contributed by atoms with E-state index in [-0.39, 0.29) is 0 Å². The first-order valence-electron chi connectivity index (χ1n) is 26.0. The number of fused-ring (bicyclic) bond motifs is 4. The van der Waals surface area contributed by atoms with Gasteiger partial charge in [-0.2, -0.15) is 0 Å². The number of hydrogen-bond acceptors (Lipinski definition) is 6. The minimum absolute atomic E-state index is 0.778. The minimum atomic E-state index is -2.36. The monoisotopic (exact) mass is 1070 g/mol. The molecule has 8 heteroatoms. The third-order valence-electron chi connectivity index (χ3n) is 13.7. The van der Waals surface area contributed by atoms with Crippen LogP contribution < -0.4 is 2.89 Å². The van der Waals surface area contributed by atoms with E-state index in [0.717, 1.165) is 33.0 Å². The molecule has 0 spiro atoms. The molecule has 0 saturated heterocycles. The maximum absolute atomic E-state index is 4.83. The van der Waals surface area contributed by atoms with E-state index in [1.807, 2.05) is 23.1 Å². The third-order valence-corrected chi connectivity index (χ3v) is 26.8. The van der Waals surface area contributed by atoms with Gasteiger partial charge < -0.3 is 0 Å². The molecule has 4 aromatic heterocycles. The molecule has 3 nitrogen and oxygen atoms in total. The molecule has 0 radical (unpaired) electrons. The Hall–Kier alpha value is -0.611. The van der Waals surface area contributed by atoms with Gasteiger partial charge >= 0.3 is 330 Å². The normalized spacial score (nSPS) is 12.8. The molecular formula is C54H86BrN3S3Sn. The van der Waals surface area contributed by atoms with Crippen molar-refractivity contribution in [2.75, 3.05) is 0 Å². The molecule has 0 fully saturated rings. The van der Waals surface area contributed by atoms with Gasteiger partial charge in [-0.05, 0) is 0 Å². The summed E-state index contributed by atoms with van der Waals surface area (Å²) in [5, 5.41) is 0. The fourth-order valence-electron chi connectivity index (χ4n) is 9.98. The number of aromatic nitrogens is 3. The van der Waals surface area contributed by atoms with Crippen molar-refractivity contribution >= 4 is 88.2 Å². The predicted molar refractivity (Wildman–Crippen MR) is 287 cm³/mol. The van der Waals surface area contributed by atoms with Crippen LogP contribution in [0.15, 0.2) is 28.5 Å². The van der Waals surface area contributed by atoms with Crippen LogP contribution in [0.4, 0.5) is 0 Å². The second kappa shape index (κ2) is 28.5. The number of rotatable bonds is 34. The molecule has 4 aromatic rings. The number of unbranched alkanes of at least 4 members (excludes halogenated alkanes) is 20. The molecule has 4 heterocycles. The molecule has 0 saturated carbocycles. The SMILES string of the molecule is CCCCCCCCC(CCCCCCCC)CC(CC(CCCCCCCC)CCCCCCCC)=C1c2cc(-c3cnc(Br)c4nsnc34)sc2-c2s[c]([Sn]([CH3])([CH3])[CH3])cc21. The fourth-order valence-corrected chi connectivity index (χ4v) is 18.7. The first-order valence-corrected chi connectivity index (χ1v) is 39.1. The van der Waals surface area contributed by atoms with Gasteiger partial charge in [0.15, 0.2) is 0 Å². The predicted octanol–water partition coefficient (Wildman–Crippen LogP) is 20.0. The van der Waals surface area contributed by atoms with Crippen molar-refractivity contribution in [1.29, 1.82) is 0 Å². The van der Waals surface area contributed by atoms with Gasteiger partial charge in [0.25, 0.3) is 0 Å². The zero-order valence-corrected chi connectivity index (χ0v) is 47.4. The quantitative estimate of drug-likeness (QED) is 0.0234. The third kappa shape index (κ3) is 16.0. The number of thiophene rings is 2. The van der Waals surface area contributed by atoms with Gasteiger partial charge in [0.05, 0.1) is 0 Å². The fraction of sp³-hybridized carbons (Fsp3) is 0.722. The zero-order valence-electron chi connectivity index (χ0n) is 40.5.